The lowest BCUT2D eigenvalue weighted by Crippen LogP contribution is -2.31. The first kappa shape index (κ1) is 20.1. The Morgan fingerprint density at radius 2 is 2.25 bits per heavy atom. The van der Waals surface area contributed by atoms with Crippen LogP contribution in [0.2, 0.25) is 0 Å². The maximum atomic E-state index is 13.0. The molecule has 8 heteroatoms. The zero-order chi connectivity index (χ0) is 19.7. The second-order valence-corrected chi connectivity index (χ2v) is 11.2. The standard InChI is InChI=1S/C20H29N3O3S2/c1-15(2)11-23-17(13-22-7-5-19-16(12-22)6-9-27-19)10-21-20(23)28(24,25)14-18-4-3-8-26-18/h6,9-10,15,18H,3-5,7-8,11-14H2,1-2H3. The van der Waals surface area contributed by atoms with Crippen molar-refractivity contribution in [3.8, 4) is 0 Å². The minimum Gasteiger partial charge on any atom is -0.377 e. The molecule has 0 saturated carbocycles. The predicted octanol–water partition coefficient (Wildman–Crippen LogP) is 3.11. The Kier molecular flexibility index (Phi) is 5.92. The zero-order valence-corrected chi connectivity index (χ0v) is 18.3. The Bertz CT molecular complexity index is 911. The topological polar surface area (TPSA) is 64.4 Å². The summed E-state index contributed by atoms with van der Waals surface area (Å²) in [7, 11) is -3.47. The molecule has 2 aliphatic heterocycles. The molecule has 1 saturated heterocycles. The smallest absolute Gasteiger partial charge is 0.227 e. The van der Waals surface area contributed by atoms with Crippen molar-refractivity contribution in [2.75, 3.05) is 18.9 Å². The minimum absolute atomic E-state index is 0.0313. The molecule has 1 atom stereocenters. The highest BCUT2D eigenvalue weighted by molar-refractivity contribution is 7.91. The van der Waals surface area contributed by atoms with Gasteiger partial charge < -0.3 is 9.30 Å². The highest BCUT2D eigenvalue weighted by Gasteiger charge is 2.30. The number of thiophene rings is 1. The van der Waals surface area contributed by atoms with Crippen LogP contribution in [-0.2, 0) is 40.6 Å². The summed E-state index contributed by atoms with van der Waals surface area (Å²) in [6.07, 6.45) is 4.37. The van der Waals surface area contributed by atoms with Gasteiger partial charge in [-0.25, -0.2) is 13.4 Å². The molecule has 0 bridgehead atoms. The Labute approximate surface area is 171 Å². The summed E-state index contributed by atoms with van der Waals surface area (Å²) in [4.78, 5) is 8.24. The molecule has 2 aromatic rings. The van der Waals surface area contributed by atoms with E-state index in [0.29, 0.717) is 19.1 Å². The minimum atomic E-state index is -3.47. The number of imidazole rings is 1. The van der Waals surface area contributed by atoms with Gasteiger partial charge in [-0.3, -0.25) is 4.90 Å². The molecule has 0 aromatic carbocycles. The highest BCUT2D eigenvalue weighted by atomic mass is 32.2. The lowest BCUT2D eigenvalue weighted by atomic mass is 10.1. The van der Waals surface area contributed by atoms with E-state index in [-0.39, 0.29) is 17.0 Å². The van der Waals surface area contributed by atoms with Crippen LogP contribution in [0.5, 0.6) is 0 Å². The molecule has 0 spiro atoms. The van der Waals surface area contributed by atoms with Crippen LogP contribution in [0.25, 0.3) is 0 Å². The fraction of sp³-hybridized carbons (Fsp3) is 0.650. The number of nitrogens with zero attached hydrogens (tertiary/aromatic N) is 3. The quantitative estimate of drug-likeness (QED) is 0.685. The van der Waals surface area contributed by atoms with Crippen LogP contribution in [0, 0.1) is 5.92 Å². The van der Waals surface area contributed by atoms with Gasteiger partial charge in [0.25, 0.3) is 0 Å². The van der Waals surface area contributed by atoms with E-state index in [1.54, 1.807) is 6.20 Å². The van der Waals surface area contributed by atoms with Crippen molar-refractivity contribution in [1.29, 1.82) is 0 Å². The van der Waals surface area contributed by atoms with Crippen molar-refractivity contribution in [2.45, 2.75) is 64.0 Å². The third kappa shape index (κ3) is 4.35. The molecule has 0 aliphatic carbocycles. The Morgan fingerprint density at radius 3 is 3.00 bits per heavy atom. The fourth-order valence-electron chi connectivity index (χ4n) is 4.09. The molecule has 1 fully saturated rings. The van der Waals surface area contributed by atoms with Gasteiger partial charge in [0.2, 0.25) is 15.0 Å². The second-order valence-electron chi connectivity index (χ2n) is 8.28. The Morgan fingerprint density at radius 1 is 1.39 bits per heavy atom. The molecular formula is C20H29N3O3S2. The van der Waals surface area contributed by atoms with Crippen molar-refractivity contribution in [1.82, 2.24) is 14.5 Å². The molecule has 0 amide bonds. The molecule has 6 nitrogen and oxygen atoms in total. The van der Waals surface area contributed by atoms with Crippen LogP contribution >= 0.6 is 11.3 Å². The summed E-state index contributed by atoms with van der Waals surface area (Å²) in [5, 5.41) is 2.37. The summed E-state index contributed by atoms with van der Waals surface area (Å²) in [6.45, 7) is 8.18. The van der Waals surface area contributed by atoms with E-state index in [1.165, 1.54) is 10.4 Å². The monoisotopic (exact) mass is 423 g/mol. The van der Waals surface area contributed by atoms with Crippen LogP contribution in [0.1, 0.15) is 42.8 Å². The number of aromatic nitrogens is 2. The lowest BCUT2D eigenvalue weighted by molar-refractivity contribution is 0.127. The van der Waals surface area contributed by atoms with Crippen molar-refractivity contribution in [2.24, 2.45) is 5.92 Å². The third-order valence-corrected chi connectivity index (χ3v) is 8.14. The number of sulfone groups is 1. The van der Waals surface area contributed by atoms with Crippen molar-refractivity contribution >= 4 is 21.2 Å². The van der Waals surface area contributed by atoms with E-state index in [0.717, 1.165) is 44.6 Å². The predicted molar refractivity (Wildman–Crippen MR) is 110 cm³/mol. The molecule has 154 valence electrons. The van der Waals surface area contributed by atoms with Gasteiger partial charge in [0, 0.05) is 37.7 Å². The maximum absolute atomic E-state index is 13.0. The van der Waals surface area contributed by atoms with Gasteiger partial charge in [0.05, 0.1) is 23.7 Å². The van der Waals surface area contributed by atoms with E-state index in [1.807, 2.05) is 15.9 Å². The van der Waals surface area contributed by atoms with Gasteiger partial charge >= 0.3 is 0 Å². The molecule has 2 aromatic heterocycles. The maximum Gasteiger partial charge on any atom is 0.227 e. The van der Waals surface area contributed by atoms with Crippen molar-refractivity contribution in [3.63, 3.8) is 0 Å². The first-order chi connectivity index (χ1) is 13.4. The first-order valence-electron chi connectivity index (χ1n) is 10.1. The van der Waals surface area contributed by atoms with E-state index in [2.05, 4.69) is 35.2 Å². The van der Waals surface area contributed by atoms with Gasteiger partial charge in [-0.1, -0.05) is 13.8 Å². The van der Waals surface area contributed by atoms with Gasteiger partial charge in [0.1, 0.15) is 0 Å². The molecular weight excluding hydrogens is 394 g/mol. The highest BCUT2D eigenvalue weighted by Crippen LogP contribution is 2.26. The number of rotatable bonds is 7. The fourth-order valence-corrected chi connectivity index (χ4v) is 6.62. The molecule has 28 heavy (non-hydrogen) atoms. The van der Waals surface area contributed by atoms with Crippen LogP contribution in [-0.4, -0.2) is 47.9 Å². The molecule has 2 aliphatic rings. The number of hydrogen-bond donors (Lipinski definition) is 0. The Hall–Kier alpha value is -1.22. The van der Waals surface area contributed by atoms with E-state index < -0.39 is 9.84 Å². The molecule has 4 rings (SSSR count). The second kappa shape index (κ2) is 8.26. The van der Waals surface area contributed by atoms with Gasteiger partial charge in [0.15, 0.2) is 0 Å². The van der Waals surface area contributed by atoms with Crippen LogP contribution in [0.3, 0.4) is 0 Å². The van der Waals surface area contributed by atoms with E-state index >= 15 is 0 Å². The SMILES string of the molecule is CC(C)Cn1c(CN2CCc3sccc3C2)cnc1S(=O)(=O)CC1CCCO1. The average Bonchev–Trinajstić information content (AvgIpc) is 3.36. The van der Waals surface area contributed by atoms with Crippen LogP contribution in [0.4, 0.5) is 0 Å². The van der Waals surface area contributed by atoms with Crippen LogP contribution < -0.4 is 0 Å². The number of hydrogen-bond acceptors (Lipinski definition) is 6. The Balaban J connectivity index is 1.56. The third-order valence-electron chi connectivity index (χ3n) is 5.43. The summed E-state index contributed by atoms with van der Waals surface area (Å²) >= 11 is 1.83. The number of fused-ring (bicyclic) bond motifs is 1. The normalized spacial score (nSPS) is 20.8. The largest absolute Gasteiger partial charge is 0.377 e. The zero-order valence-electron chi connectivity index (χ0n) is 16.6. The molecule has 0 N–H and O–H groups in total. The number of ether oxygens (including phenoxy) is 1. The summed E-state index contributed by atoms with van der Waals surface area (Å²) in [5.41, 5.74) is 2.38. The molecule has 4 heterocycles. The van der Waals surface area contributed by atoms with E-state index in [4.69, 9.17) is 4.74 Å². The molecule has 0 radical (unpaired) electrons. The van der Waals surface area contributed by atoms with Crippen molar-refractivity contribution in [3.05, 3.63) is 33.8 Å². The van der Waals surface area contributed by atoms with Crippen molar-refractivity contribution < 1.29 is 13.2 Å². The van der Waals surface area contributed by atoms with E-state index in [9.17, 15) is 8.42 Å². The van der Waals surface area contributed by atoms with Gasteiger partial charge in [-0.05, 0) is 42.2 Å². The molecule has 1 unspecified atom stereocenters. The van der Waals surface area contributed by atoms with Gasteiger partial charge in [-0.15, -0.1) is 11.3 Å². The lowest BCUT2D eigenvalue weighted by Gasteiger charge is -2.27. The summed E-state index contributed by atoms with van der Waals surface area (Å²) in [6, 6.07) is 2.20. The average molecular weight is 424 g/mol. The van der Waals surface area contributed by atoms with Gasteiger partial charge in [-0.2, -0.15) is 0 Å². The summed E-state index contributed by atoms with van der Waals surface area (Å²) < 4.78 is 33.6. The van der Waals surface area contributed by atoms with Crippen LogP contribution in [0.15, 0.2) is 22.8 Å². The first-order valence-corrected chi connectivity index (χ1v) is 12.6. The summed E-state index contributed by atoms with van der Waals surface area (Å²) in [5.74, 6) is 0.373.